The smallest absolute Gasteiger partial charge is 0.147 e. The fourth-order valence-corrected chi connectivity index (χ4v) is 28.2. The van der Waals surface area contributed by atoms with E-state index < -0.39 is 17.4 Å². The van der Waals surface area contributed by atoms with Gasteiger partial charge in [0.25, 0.3) is 0 Å². The Morgan fingerprint density at radius 2 is 1.03 bits per heavy atom. The summed E-state index contributed by atoms with van der Waals surface area (Å²) in [6.45, 7) is 16.5. The van der Waals surface area contributed by atoms with E-state index in [-0.39, 0.29) is 24.8 Å². The van der Waals surface area contributed by atoms with E-state index in [2.05, 4.69) is 94.1 Å². The summed E-state index contributed by atoms with van der Waals surface area (Å²) in [6.07, 6.45) is 7.31. The SMILES string of the molecule is CCc1cc(C)cc2c1C=C(C)[CH]2[Zr]([CH3])([CH3])(=[SiH2])[CH]1C(C)=Cc2c(CC)cc(C)cc21.Cl.Cl. The molecule has 0 saturated heterocycles. The maximum Gasteiger partial charge on any atom is -0.147 e. The van der Waals surface area contributed by atoms with Crippen molar-refractivity contribution < 1.29 is 17.4 Å². The predicted octanol–water partition coefficient (Wildman–Crippen LogP) is 8.22. The van der Waals surface area contributed by atoms with E-state index in [4.69, 9.17) is 0 Å². The van der Waals surface area contributed by atoms with Crippen LogP contribution in [0.1, 0.15) is 79.5 Å². The van der Waals surface area contributed by atoms with Crippen molar-refractivity contribution in [2.75, 3.05) is 0 Å². The van der Waals surface area contributed by atoms with Gasteiger partial charge in [-0.1, -0.05) is 0 Å². The van der Waals surface area contributed by atoms with Crippen molar-refractivity contribution in [3.63, 3.8) is 0 Å². The molecule has 2 unspecified atom stereocenters. The molecule has 2 aromatic carbocycles. The summed E-state index contributed by atoms with van der Waals surface area (Å²) in [5.74, 6) is 0. The molecule has 4 rings (SSSR count). The maximum absolute atomic E-state index is 3.32. The monoisotopic (exact) mass is 564 g/mol. The Hall–Kier alpha value is -0.400. The van der Waals surface area contributed by atoms with Crippen molar-refractivity contribution >= 4 is 43.8 Å². The van der Waals surface area contributed by atoms with E-state index >= 15 is 0 Å². The van der Waals surface area contributed by atoms with Gasteiger partial charge in [-0.05, 0) is 0 Å². The van der Waals surface area contributed by atoms with Gasteiger partial charge in [-0.25, -0.2) is 0 Å². The first-order valence-electron chi connectivity index (χ1n) is 11.7. The zero-order valence-corrected chi connectivity index (χ0v) is 26.6. The van der Waals surface area contributed by atoms with Crippen LogP contribution >= 0.6 is 24.8 Å². The quantitative estimate of drug-likeness (QED) is 0.327. The number of fused-ring (bicyclic) bond motifs is 2. The van der Waals surface area contributed by atoms with Crippen molar-refractivity contribution in [2.45, 2.75) is 70.9 Å². The molecule has 2 aliphatic carbocycles. The molecule has 0 aromatic heterocycles. The van der Waals surface area contributed by atoms with Gasteiger partial charge in [-0.2, -0.15) is 0 Å². The first kappa shape index (κ1) is 27.8. The number of halogens is 2. The van der Waals surface area contributed by atoms with Crippen molar-refractivity contribution in [2.24, 2.45) is 0 Å². The minimum atomic E-state index is -3.32. The molecule has 0 amide bonds. The number of hydrogen-bond acceptors (Lipinski definition) is 0. The van der Waals surface area contributed by atoms with Crippen LogP contribution in [-0.2, 0) is 30.2 Å². The molecule has 2 aromatic rings. The summed E-state index contributed by atoms with van der Waals surface area (Å²) in [5, 5.41) is 0. The Labute approximate surface area is 210 Å². The van der Waals surface area contributed by atoms with Crippen LogP contribution in [0.2, 0.25) is 9.26 Å². The molecular formula is C28H40Cl2SiZr. The third-order valence-electron chi connectivity index (χ3n) is 7.82. The fourth-order valence-electron chi connectivity index (χ4n) is 7.02. The third kappa shape index (κ3) is 4.24. The van der Waals surface area contributed by atoms with E-state index in [0.29, 0.717) is 7.25 Å². The van der Waals surface area contributed by atoms with Crippen LogP contribution in [-0.4, -0.2) is 6.88 Å². The van der Waals surface area contributed by atoms with Crippen LogP contribution in [0.25, 0.3) is 12.2 Å². The molecule has 0 N–H and O–H groups in total. The predicted molar refractivity (Wildman–Crippen MR) is 149 cm³/mol. The van der Waals surface area contributed by atoms with Crippen molar-refractivity contribution in [1.29, 1.82) is 0 Å². The Morgan fingerprint density at radius 3 is 1.34 bits per heavy atom. The number of allylic oxidation sites excluding steroid dienone is 2. The van der Waals surface area contributed by atoms with Crippen molar-refractivity contribution in [3.05, 3.63) is 79.9 Å². The Bertz CT molecular complexity index is 1110. The molecule has 2 aliphatic rings. The molecule has 0 fully saturated rings. The van der Waals surface area contributed by atoms with Crippen LogP contribution < -0.4 is 0 Å². The molecule has 4 heteroatoms. The van der Waals surface area contributed by atoms with E-state index in [0.717, 1.165) is 12.8 Å². The van der Waals surface area contributed by atoms with Crippen LogP contribution in [0.4, 0.5) is 0 Å². The molecule has 0 spiro atoms. The molecule has 2 atom stereocenters. The Kier molecular flexibility index (Phi) is 8.12. The summed E-state index contributed by atoms with van der Waals surface area (Å²) in [5.41, 5.74) is 15.5. The molecule has 32 heavy (non-hydrogen) atoms. The summed E-state index contributed by atoms with van der Waals surface area (Å²) in [4.78, 5) is 0. The molecule has 0 saturated carbocycles. The minimum Gasteiger partial charge on any atom is -0.147 e. The molecule has 0 bridgehead atoms. The van der Waals surface area contributed by atoms with Crippen molar-refractivity contribution in [3.8, 4) is 0 Å². The van der Waals surface area contributed by atoms with E-state index in [1.54, 1.807) is 33.4 Å². The molecule has 0 aliphatic heterocycles. The van der Waals surface area contributed by atoms with E-state index in [9.17, 15) is 0 Å². The summed E-state index contributed by atoms with van der Waals surface area (Å²) >= 11 is -3.32. The number of rotatable bonds is 4. The van der Waals surface area contributed by atoms with Gasteiger partial charge in [0, 0.05) is 0 Å². The van der Waals surface area contributed by atoms with Crippen LogP contribution in [0, 0.1) is 13.8 Å². The standard InChI is InChI=1S/2C13H15.2CH3.2ClH.H2Si.Zr/c2*1-4-11-5-9(2)6-12-7-10(3)8-13(11)12;;;;;;/h2*5-8H,4H2,1-3H3;2*1H3;2*1H;1H2;. The molecule has 0 radical (unpaired) electrons. The summed E-state index contributed by atoms with van der Waals surface area (Å²) < 4.78 is 6.76. The van der Waals surface area contributed by atoms with E-state index in [1.807, 2.05) is 0 Å². The van der Waals surface area contributed by atoms with Gasteiger partial charge in [-0.15, -0.1) is 24.8 Å². The molecule has 0 nitrogen and oxygen atoms in total. The maximum atomic E-state index is 2.75. The van der Waals surface area contributed by atoms with Crippen LogP contribution in [0.3, 0.4) is 0 Å². The van der Waals surface area contributed by atoms with Crippen molar-refractivity contribution in [1.82, 2.24) is 0 Å². The van der Waals surface area contributed by atoms with Gasteiger partial charge in [0.2, 0.25) is 0 Å². The van der Waals surface area contributed by atoms with Crippen LogP contribution in [0.15, 0.2) is 35.4 Å². The van der Waals surface area contributed by atoms with Gasteiger partial charge in [-0.3, -0.25) is 0 Å². The normalized spacial score (nSPS) is 19.4. The van der Waals surface area contributed by atoms with Gasteiger partial charge < -0.3 is 0 Å². The zero-order chi connectivity index (χ0) is 22.0. The first-order chi connectivity index (χ1) is 14.0. The minimum absolute atomic E-state index is 0. The number of hydrogen-bond donors (Lipinski definition) is 0. The van der Waals surface area contributed by atoms with Gasteiger partial charge >= 0.3 is 187 Å². The van der Waals surface area contributed by atoms with Gasteiger partial charge in [0.05, 0.1) is 0 Å². The zero-order valence-electron chi connectivity index (χ0n) is 21.1. The second kappa shape index (κ2) is 9.33. The average Bonchev–Trinajstić information content (AvgIpc) is 3.16. The van der Waals surface area contributed by atoms with E-state index in [1.165, 1.54) is 22.3 Å². The summed E-state index contributed by atoms with van der Waals surface area (Å²) in [7, 11) is 0. The van der Waals surface area contributed by atoms with Gasteiger partial charge in [0.1, 0.15) is 0 Å². The molecule has 0 heterocycles. The topological polar surface area (TPSA) is 0 Å². The average molecular weight is 567 g/mol. The molecular weight excluding hydrogens is 527 g/mol. The Morgan fingerprint density at radius 1 is 0.688 bits per heavy atom. The largest absolute Gasteiger partial charge is 0.147 e. The second-order valence-corrected chi connectivity index (χ2v) is 41.6. The third-order valence-corrected chi connectivity index (χ3v) is 25.7. The molecule has 174 valence electrons. The Balaban J connectivity index is 0.00000181. The van der Waals surface area contributed by atoms with Crippen LogP contribution in [0.5, 0.6) is 0 Å². The van der Waals surface area contributed by atoms with Gasteiger partial charge in [0.15, 0.2) is 0 Å². The number of aryl methyl sites for hydroxylation is 4. The fraction of sp³-hybridized carbons (Fsp3) is 0.429. The second-order valence-electron chi connectivity index (χ2n) is 11.1. The first-order valence-corrected chi connectivity index (χ1v) is 25.3. The summed E-state index contributed by atoms with van der Waals surface area (Å²) in [6, 6.07) is 9.85. The number of benzene rings is 2.